The summed E-state index contributed by atoms with van der Waals surface area (Å²) in [6.45, 7) is 9.55. The lowest BCUT2D eigenvalue weighted by atomic mass is 9.97. The Bertz CT molecular complexity index is 3510. The van der Waals surface area contributed by atoms with Crippen molar-refractivity contribution in [2.75, 3.05) is 45.9 Å². The summed E-state index contributed by atoms with van der Waals surface area (Å²) in [4.78, 5) is 59.6. The summed E-state index contributed by atoms with van der Waals surface area (Å²) in [5, 5.41) is 324. The molecule has 808 valence electrons. The molecular weight excluding hydrogens is 1890 g/mol. The Balaban J connectivity index is 0.000000306. The minimum Gasteiger partial charge on any atom is -0.394 e. The minimum absolute atomic E-state index is 0. The molecule has 10 rings (SSSR count). The van der Waals surface area contributed by atoms with E-state index in [1.165, 1.54) is 0 Å². The van der Waals surface area contributed by atoms with Crippen LogP contribution in [0, 0.1) is 12.3 Å². The van der Waals surface area contributed by atoms with Crippen molar-refractivity contribution in [3.63, 3.8) is 0 Å². The number of amides is 5. The lowest BCUT2D eigenvalue weighted by Gasteiger charge is -2.45. The number of rotatable bonds is 31. The van der Waals surface area contributed by atoms with Gasteiger partial charge in [-0.2, -0.15) is 0 Å². The van der Waals surface area contributed by atoms with Gasteiger partial charge in [0.05, 0.1) is 37.4 Å². The van der Waals surface area contributed by atoms with E-state index in [4.69, 9.17) is 83.0 Å². The van der Waals surface area contributed by atoms with Crippen molar-refractivity contribution in [3.8, 4) is 12.3 Å². The van der Waals surface area contributed by atoms with E-state index in [9.17, 15) is 182 Å². The fourth-order valence-electron chi connectivity index (χ4n) is 15.0. The number of hydrogen-bond acceptors (Lipinski definition) is 52. The summed E-state index contributed by atoms with van der Waals surface area (Å²) < 4.78 is 80.6. The second-order valence-electron chi connectivity index (χ2n) is 33.5. The van der Waals surface area contributed by atoms with Crippen LogP contribution in [0.3, 0.4) is 0 Å². The first-order valence-corrected chi connectivity index (χ1v) is 44.7. The molecule has 36 N–H and O–H groups in total. The van der Waals surface area contributed by atoms with Crippen molar-refractivity contribution in [2.24, 2.45) is 5.11 Å². The highest BCUT2D eigenvalue weighted by atomic mass is 16.8. The van der Waals surface area contributed by atoms with E-state index in [-0.39, 0.29) is 83.6 Å². The zero-order valence-electron chi connectivity index (χ0n) is 75.9. The van der Waals surface area contributed by atoms with Gasteiger partial charge in [0.1, 0.15) is 226 Å². The number of aliphatic hydroxyl groups is 31. The summed E-state index contributed by atoms with van der Waals surface area (Å²) >= 11 is 0. The van der Waals surface area contributed by atoms with Gasteiger partial charge in [0.2, 0.25) is 29.5 Å². The van der Waals surface area contributed by atoms with Crippen LogP contribution < -0.4 is 26.6 Å². The lowest BCUT2D eigenvalue weighted by molar-refractivity contribution is -0.374. The fraction of sp³-hybridized carbons (Fsp3) is 0.912. The largest absolute Gasteiger partial charge is 0.394 e. The predicted molar refractivity (Wildman–Crippen MR) is 451 cm³/mol. The number of ether oxygens (including phenoxy) is 15. The normalized spacial score (nSPS) is 44.3. The smallest absolute Gasteiger partial charge is 0.232 e. The SMILES string of the molecule is C.C#CCC(=O)NCC1O[C@H](O[C@H]2OC(CC)[C@@H](O)C(O)[C@H]2O)C(O)[C@@H](O)[C@@H]1O.CCC(=O)NCC1O[C@H](O[C@H]2OC(CC)[C@@H](O)C(O)[C@H]2O)C(O)[C@@H](O)[C@@H]1O.CCC(=O)NCC1O[C@H](O[C@H]2OC(CC)[C@@H](O)C(O)[C@H]2O)C(O)[C@@H](O)[C@@H]1O.CCC(=O)NCC1O[C@H](O[C@H]2OC(CO)[C@@H](O)C(O)[C@H]2O)C(O)[C@@H](O)[C@@H]1O.CCC1O[C@H](O[C@H]2OC(CNC(=O)CN=[N+]=[N-])[C@@H](O)[C@H](O)C2O)[C@H](O)C(O)[C@@H]1O. The third-order valence-electron chi connectivity index (χ3n) is 23.8. The van der Waals surface area contributed by atoms with E-state index in [1.54, 1.807) is 48.5 Å². The molecule has 59 heteroatoms. The maximum atomic E-state index is 11.5. The molecule has 0 aromatic carbocycles. The summed E-state index contributed by atoms with van der Waals surface area (Å²) in [5.41, 5.74) is 8.19. The van der Waals surface area contributed by atoms with Crippen LogP contribution in [0.1, 0.15) is 107 Å². The molecule has 0 aliphatic carbocycles. The molecule has 50 atom stereocenters. The quantitative estimate of drug-likeness (QED) is 0.0133. The Labute approximate surface area is 795 Å². The van der Waals surface area contributed by atoms with E-state index < -0.39 is 332 Å². The van der Waals surface area contributed by atoms with E-state index in [0.29, 0.717) is 25.7 Å². The van der Waals surface area contributed by atoms with Crippen molar-refractivity contribution < 1.29 is 253 Å². The van der Waals surface area contributed by atoms with Crippen LogP contribution in [0.5, 0.6) is 0 Å². The summed E-state index contributed by atoms with van der Waals surface area (Å²) in [6, 6.07) is 0. The molecule has 10 aliphatic rings. The molecule has 10 aliphatic heterocycles. The number of nitrogens with one attached hydrogen (secondary N) is 5. The minimum atomic E-state index is -1.74. The molecule has 0 radical (unpaired) electrons. The molecule has 0 bridgehead atoms. The van der Waals surface area contributed by atoms with Crippen LogP contribution in [0.4, 0.5) is 0 Å². The first-order chi connectivity index (χ1) is 65.0. The summed E-state index contributed by atoms with van der Waals surface area (Å²) in [6.07, 6.45) is -66.3. The van der Waals surface area contributed by atoms with Gasteiger partial charge in [-0.05, 0) is 31.2 Å². The molecule has 59 nitrogen and oxygen atoms in total. The highest BCUT2D eigenvalue weighted by Gasteiger charge is 2.57. The topological polar surface area (TPSA) is 960 Å². The Hall–Kier alpha value is -5.62. The second-order valence-corrected chi connectivity index (χ2v) is 33.5. The van der Waals surface area contributed by atoms with Gasteiger partial charge in [-0.15, -0.1) is 6.42 Å². The van der Waals surface area contributed by atoms with E-state index in [2.05, 4.69) is 42.5 Å². The van der Waals surface area contributed by atoms with Gasteiger partial charge in [0.15, 0.2) is 62.9 Å². The van der Waals surface area contributed by atoms with Crippen LogP contribution >= 0.6 is 0 Å². The van der Waals surface area contributed by atoms with Crippen molar-refractivity contribution in [1.82, 2.24) is 26.6 Å². The first kappa shape index (κ1) is 124. The lowest BCUT2D eigenvalue weighted by Crippen LogP contribution is -2.64. The van der Waals surface area contributed by atoms with Crippen molar-refractivity contribution in [3.05, 3.63) is 10.4 Å². The van der Waals surface area contributed by atoms with E-state index in [0.717, 1.165) is 0 Å². The van der Waals surface area contributed by atoms with Gasteiger partial charge in [-0.1, -0.05) is 66.9 Å². The van der Waals surface area contributed by atoms with Crippen LogP contribution in [0.15, 0.2) is 5.11 Å². The molecule has 0 saturated carbocycles. The van der Waals surface area contributed by atoms with Gasteiger partial charge in [-0.25, -0.2) is 0 Å². The third-order valence-corrected chi connectivity index (χ3v) is 23.8. The monoisotopic (exact) mass is 2030 g/mol. The number of carbonyl (C=O) groups is 5. The molecule has 5 amide bonds. The van der Waals surface area contributed by atoms with Crippen molar-refractivity contribution in [1.29, 1.82) is 0 Å². The zero-order chi connectivity index (χ0) is 104. The summed E-state index contributed by atoms with van der Waals surface area (Å²) in [7, 11) is 0. The molecule has 0 spiro atoms. The van der Waals surface area contributed by atoms with Crippen molar-refractivity contribution >= 4 is 29.5 Å². The van der Waals surface area contributed by atoms with Gasteiger partial charge < -0.3 is 256 Å². The predicted octanol–water partition coefficient (Wildman–Crippen LogP) is -18.5. The number of hydrogen-bond donors (Lipinski definition) is 36. The number of carbonyl (C=O) groups excluding carboxylic acids is 5. The van der Waals surface area contributed by atoms with Gasteiger partial charge in [0.25, 0.3) is 0 Å². The average molecular weight is 2030 g/mol. The molecular formula is C80H142N8O51. The molecule has 10 heterocycles. The number of azide groups is 1. The number of terminal acetylenes is 1. The third kappa shape index (κ3) is 32.7. The van der Waals surface area contributed by atoms with Crippen LogP contribution in [0.2, 0.25) is 0 Å². The Morgan fingerprint density at radius 3 is 0.590 bits per heavy atom. The summed E-state index contributed by atoms with van der Waals surface area (Å²) in [5.74, 6) is 0.0841. The maximum Gasteiger partial charge on any atom is 0.232 e. The van der Waals surface area contributed by atoms with Crippen LogP contribution in [-0.4, -0.2) is 541 Å². The Kier molecular flexibility index (Phi) is 52.3. The molecule has 139 heavy (non-hydrogen) atoms. The second kappa shape index (κ2) is 58.7. The molecule has 0 aromatic rings. The van der Waals surface area contributed by atoms with Gasteiger partial charge in [-0.3, -0.25) is 24.0 Å². The van der Waals surface area contributed by atoms with Gasteiger partial charge in [0, 0.05) is 56.9 Å². The number of nitrogens with zero attached hydrogens (tertiary/aromatic N) is 3. The molecule has 20 unspecified atom stereocenters. The highest BCUT2D eigenvalue weighted by Crippen LogP contribution is 2.36. The fourth-order valence-corrected chi connectivity index (χ4v) is 15.0. The standard InChI is InChI=1S/C17H27NO10.2C16H29NO10.C15H26N4O10.C15H27NO11.CH4/c1-3-5-9(19)18-6-8-11(21)13(23)15(25)17(27-8)28-16-14(24)12(22)10(20)7(4-2)26-16;2*1-3-6-9(19)11(21)13(23)15(25-6)27-16-14(24)12(22)10(20)7(26-16)5-17-8(18)4-2;1-2-5-8(21)10(23)12(25)14(27-5)29-15-13(26)11(24)9(22)6(28-15)3-17-7(20)4-18-19-16;1-2-7(18)16-3-5-8(19)10(21)12(23)14(25-5)27-15-13(24)11(22)9(20)6(4-17)26-15;/h1,7-8,10-17,20-25H,4-6H2,2H3,(H,18,19);2*6-7,9-16,19-24H,3-5H2,1-2H3,(H,17,18);5-6,8-15,21-26H,2-4H2,1H3,(H,17,20);5-6,8-15,17,19-24H,2-4H2,1H3,(H,16,18);1H4/t7?,8?,10-,11-,12?,13+,14-,15?,16-,17-;2*6?,7?,9-,10-,11?,12+,13-,14?,15-,16-;5?,6?,8-,9-,10?,11+,12-,13?,14-,15-;5?,6?,8-,9-,10+,11?,12?,13-,14-,15-;/m11111./s1. The van der Waals surface area contributed by atoms with Gasteiger partial charge >= 0.3 is 0 Å². The van der Waals surface area contributed by atoms with Crippen molar-refractivity contribution in [2.45, 2.75) is 414 Å². The highest BCUT2D eigenvalue weighted by molar-refractivity contribution is 5.79. The molecule has 0 aromatic heterocycles. The average Bonchev–Trinajstić information content (AvgIpc) is 0.802. The van der Waals surface area contributed by atoms with E-state index in [1.807, 2.05) is 0 Å². The van der Waals surface area contributed by atoms with Crippen LogP contribution in [0.25, 0.3) is 10.4 Å². The Morgan fingerprint density at radius 2 is 0.424 bits per heavy atom. The maximum absolute atomic E-state index is 11.5. The van der Waals surface area contributed by atoms with Crippen LogP contribution in [-0.2, 0) is 95.0 Å². The molecule has 10 saturated heterocycles. The Morgan fingerprint density at radius 1 is 0.266 bits per heavy atom. The zero-order valence-corrected chi connectivity index (χ0v) is 75.9. The number of aliphatic hydroxyl groups excluding tert-OH is 31. The first-order valence-electron chi connectivity index (χ1n) is 44.7. The molecule has 10 fully saturated rings. The van der Waals surface area contributed by atoms with E-state index >= 15 is 0 Å².